The predicted molar refractivity (Wildman–Crippen MR) is 36.2 cm³/mol. The summed E-state index contributed by atoms with van der Waals surface area (Å²) < 4.78 is 0. The molecule has 1 aliphatic rings. The van der Waals surface area contributed by atoms with Crippen LogP contribution in [0.25, 0.3) is 0 Å². The Morgan fingerprint density at radius 1 is 1.56 bits per heavy atom. The molecule has 0 aromatic rings. The molecule has 1 heterocycles. The van der Waals surface area contributed by atoms with Crippen LogP contribution in [0.1, 0.15) is 20.8 Å². The van der Waals surface area contributed by atoms with Crippen molar-refractivity contribution in [1.82, 2.24) is 5.01 Å². The highest BCUT2D eigenvalue weighted by atomic mass is 15.6. The Balaban J connectivity index is 2.41. The molecule has 1 rings (SSSR count). The minimum atomic E-state index is 0.396. The van der Waals surface area contributed by atoms with Gasteiger partial charge in [0.05, 0.1) is 12.6 Å². The largest absolute Gasteiger partial charge is 0.274 e. The van der Waals surface area contributed by atoms with Crippen molar-refractivity contribution < 1.29 is 0 Å². The zero-order valence-electron chi connectivity index (χ0n) is 6.20. The molecule has 0 N–H and O–H groups in total. The van der Waals surface area contributed by atoms with Gasteiger partial charge in [0.25, 0.3) is 0 Å². The minimum absolute atomic E-state index is 0.396. The molecule has 0 amide bonds. The molecule has 0 aliphatic carbocycles. The molecule has 52 valence electrons. The van der Waals surface area contributed by atoms with Crippen molar-refractivity contribution in [2.75, 3.05) is 6.54 Å². The molecule has 9 heavy (non-hydrogen) atoms. The highest BCUT2D eigenvalue weighted by Crippen LogP contribution is 2.10. The summed E-state index contributed by atoms with van der Waals surface area (Å²) >= 11 is 0. The van der Waals surface area contributed by atoms with Crippen LogP contribution in [0.5, 0.6) is 0 Å². The summed E-state index contributed by atoms with van der Waals surface area (Å²) in [6.07, 6.45) is 0. The van der Waals surface area contributed by atoms with Crippen LogP contribution in [0.3, 0.4) is 0 Å². The lowest BCUT2D eigenvalue weighted by Gasteiger charge is -2.16. The molecule has 0 aromatic heterocycles. The van der Waals surface area contributed by atoms with Crippen LogP contribution in [-0.4, -0.2) is 23.6 Å². The maximum Gasteiger partial charge on any atom is 0.0893 e. The summed E-state index contributed by atoms with van der Waals surface area (Å²) in [6.45, 7) is 7.30. The summed E-state index contributed by atoms with van der Waals surface area (Å²) in [4.78, 5) is 0. The van der Waals surface area contributed by atoms with Crippen LogP contribution in [0.15, 0.2) is 10.3 Å². The molecule has 0 spiro atoms. The fourth-order valence-electron chi connectivity index (χ4n) is 0.812. The van der Waals surface area contributed by atoms with Crippen LogP contribution >= 0.6 is 0 Å². The maximum absolute atomic E-state index is 3.99. The van der Waals surface area contributed by atoms with Crippen molar-refractivity contribution in [3.63, 3.8) is 0 Å². The first-order valence-electron chi connectivity index (χ1n) is 3.37. The van der Waals surface area contributed by atoms with Crippen molar-refractivity contribution in [3.05, 3.63) is 0 Å². The van der Waals surface area contributed by atoms with Crippen molar-refractivity contribution in [3.8, 4) is 0 Å². The van der Waals surface area contributed by atoms with Gasteiger partial charge in [0, 0.05) is 6.04 Å². The van der Waals surface area contributed by atoms with Gasteiger partial charge in [-0.15, -0.1) is 0 Å². The maximum atomic E-state index is 3.99. The third-order valence-electron chi connectivity index (χ3n) is 1.41. The molecule has 1 aliphatic heterocycles. The van der Waals surface area contributed by atoms with E-state index in [-0.39, 0.29) is 0 Å². The average Bonchev–Trinajstić information content (AvgIpc) is 2.14. The van der Waals surface area contributed by atoms with Crippen molar-refractivity contribution in [2.45, 2.75) is 32.9 Å². The molecule has 0 bridgehead atoms. The zero-order valence-corrected chi connectivity index (χ0v) is 6.20. The summed E-state index contributed by atoms with van der Waals surface area (Å²) in [5.74, 6) is 0. The lowest BCUT2D eigenvalue weighted by atomic mass is 10.3. The number of rotatable bonds is 1. The van der Waals surface area contributed by atoms with E-state index < -0.39 is 0 Å². The zero-order chi connectivity index (χ0) is 6.85. The van der Waals surface area contributed by atoms with E-state index in [2.05, 4.69) is 31.1 Å². The van der Waals surface area contributed by atoms with Crippen LogP contribution in [-0.2, 0) is 0 Å². The smallest absolute Gasteiger partial charge is 0.0893 e. The van der Waals surface area contributed by atoms with E-state index in [1.54, 1.807) is 0 Å². The van der Waals surface area contributed by atoms with Gasteiger partial charge < -0.3 is 0 Å². The Bertz CT molecular complexity index is 119. The van der Waals surface area contributed by atoms with E-state index in [0.717, 1.165) is 6.54 Å². The van der Waals surface area contributed by atoms with Gasteiger partial charge in [-0.3, -0.25) is 5.01 Å². The van der Waals surface area contributed by atoms with Crippen molar-refractivity contribution in [1.29, 1.82) is 0 Å². The topological polar surface area (TPSA) is 28.0 Å². The fraction of sp³-hybridized carbons (Fsp3) is 1.00. The fourth-order valence-corrected chi connectivity index (χ4v) is 0.812. The Morgan fingerprint density at radius 3 is 2.44 bits per heavy atom. The Morgan fingerprint density at radius 2 is 2.22 bits per heavy atom. The second-order valence-corrected chi connectivity index (χ2v) is 2.77. The van der Waals surface area contributed by atoms with E-state index in [1.807, 2.05) is 5.01 Å². The Labute approximate surface area is 55.7 Å². The molecule has 0 aromatic carbocycles. The van der Waals surface area contributed by atoms with Gasteiger partial charge in [-0.25, -0.2) is 0 Å². The Kier molecular flexibility index (Phi) is 1.69. The standard InChI is InChI=1S/C6H13N3/c1-5(2)9-4-6(3)7-8-9/h5-6H,4H2,1-3H3/t6-/m0/s1. The molecule has 0 saturated heterocycles. The molecule has 3 nitrogen and oxygen atoms in total. The summed E-state index contributed by atoms with van der Waals surface area (Å²) in [7, 11) is 0. The van der Waals surface area contributed by atoms with Gasteiger partial charge in [-0.1, -0.05) is 5.22 Å². The van der Waals surface area contributed by atoms with Gasteiger partial charge in [-0.2, -0.15) is 5.11 Å². The minimum Gasteiger partial charge on any atom is -0.274 e. The van der Waals surface area contributed by atoms with Crippen LogP contribution in [0.4, 0.5) is 0 Å². The summed E-state index contributed by atoms with van der Waals surface area (Å²) in [6, 6.07) is 0.895. The second kappa shape index (κ2) is 2.33. The van der Waals surface area contributed by atoms with Crippen LogP contribution in [0, 0.1) is 0 Å². The molecule has 3 heteroatoms. The van der Waals surface area contributed by atoms with Gasteiger partial charge in [-0.05, 0) is 20.8 Å². The SMILES string of the molecule is CC(C)N1C[C@H](C)N=N1. The highest BCUT2D eigenvalue weighted by molar-refractivity contribution is 4.70. The Hall–Kier alpha value is -0.600. The molecule has 1 atom stereocenters. The van der Waals surface area contributed by atoms with E-state index in [4.69, 9.17) is 0 Å². The lowest BCUT2D eigenvalue weighted by molar-refractivity contribution is 0.251. The molecule has 0 radical (unpaired) electrons. The van der Waals surface area contributed by atoms with Crippen LogP contribution in [0.2, 0.25) is 0 Å². The molecular formula is C6H13N3. The van der Waals surface area contributed by atoms with Gasteiger partial charge in [0.1, 0.15) is 0 Å². The van der Waals surface area contributed by atoms with Gasteiger partial charge in [0.15, 0.2) is 0 Å². The molecule has 0 fully saturated rings. The number of nitrogens with zero attached hydrogens (tertiary/aromatic N) is 3. The summed E-state index contributed by atoms with van der Waals surface area (Å²) in [5.41, 5.74) is 0. The third kappa shape index (κ3) is 1.40. The van der Waals surface area contributed by atoms with Gasteiger partial charge in [0.2, 0.25) is 0 Å². The first-order valence-corrected chi connectivity index (χ1v) is 3.37. The highest BCUT2D eigenvalue weighted by Gasteiger charge is 2.16. The first kappa shape index (κ1) is 6.52. The average molecular weight is 127 g/mol. The van der Waals surface area contributed by atoms with E-state index >= 15 is 0 Å². The van der Waals surface area contributed by atoms with Crippen molar-refractivity contribution in [2.24, 2.45) is 10.3 Å². The molecule has 0 unspecified atom stereocenters. The molecule has 0 saturated carbocycles. The van der Waals surface area contributed by atoms with Crippen molar-refractivity contribution >= 4 is 0 Å². The van der Waals surface area contributed by atoms with E-state index in [0.29, 0.717) is 12.1 Å². The second-order valence-electron chi connectivity index (χ2n) is 2.77. The molecular weight excluding hydrogens is 114 g/mol. The normalized spacial score (nSPS) is 26.2. The van der Waals surface area contributed by atoms with E-state index in [9.17, 15) is 0 Å². The van der Waals surface area contributed by atoms with Gasteiger partial charge >= 0.3 is 0 Å². The number of hydrogen-bond donors (Lipinski definition) is 0. The predicted octanol–water partition coefficient (Wildman–Crippen LogP) is 1.47. The third-order valence-corrected chi connectivity index (χ3v) is 1.41. The van der Waals surface area contributed by atoms with Crippen LogP contribution < -0.4 is 0 Å². The summed E-state index contributed by atoms with van der Waals surface area (Å²) in [5, 5.41) is 9.97. The lowest BCUT2D eigenvalue weighted by Crippen LogP contribution is -2.26. The number of hydrogen-bond acceptors (Lipinski definition) is 3. The quantitative estimate of drug-likeness (QED) is 0.524. The first-order chi connectivity index (χ1) is 4.20. The monoisotopic (exact) mass is 127 g/mol. The van der Waals surface area contributed by atoms with E-state index in [1.165, 1.54) is 0 Å².